The number of hydrogen-bond donors (Lipinski definition) is 1. The Morgan fingerprint density at radius 3 is 2.84 bits per heavy atom. The van der Waals surface area contributed by atoms with E-state index in [-0.39, 0.29) is 12.1 Å². The Hall–Kier alpha value is -2.40. The molecule has 2 amide bonds. The van der Waals surface area contributed by atoms with E-state index in [4.69, 9.17) is 4.74 Å². The first-order chi connectivity index (χ1) is 12.2. The topological polar surface area (TPSA) is 54.5 Å². The summed E-state index contributed by atoms with van der Waals surface area (Å²) in [5.41, 5.74) is 3.38. The highest BCUT2D eigenvalue weighted by atomic mass is 16.5. The Labute approximate surface area is 149 Å². The molecule has 1 aromatic heterocycles. The van der Waals surface area contributed by atoms with Gasteiger partial charge in [-0.15, -0.1) is 0 Å². The van der Waals surface area contributed by atoms with Crippen LogP contribution in [0.1, 0.15) is 16.8 Å². The fraction of sp³-hybridized carbons (Fsp3) is 0.400. The van der Waals surface area contributed by atoms with Crippen molar-refractivity contribution in [3.8, 4) is 0 Å². The third-order valence-electron chi connectivity index (χ3n) is 4.39. The van der Waals surface area contributed by atoms with E-state index in [0.29, 0.717) is 26.2 Å². The van der Waals surface area contributed by atoms with Crippen LogP contribution in [0.15, 0.2) is 48.7 Å². The molecule has 132 valence electrons. The largest absolute Gasteiger partial charge is 0.374 e. The SMILES string of the molecule is Cc1ccc(CCNC(=O)N2CCOC(Cc3ccccc3)C2)cn1. The third kappa shape index (κ3) is 5.29. The summed E-state index contributed by atoms with van der Waals surface area (Å²) in [5.74, 6) is 0. The lowest BCUT2D eigenvalue weighted by molar-refractivity contribution is -0.0132. The van der Waals surface area contributed by atoms with Gasteiger partial charge in [0.1, 0.15) is 0 Å². The predicted molar refractivity (Wildman–Crippen MR) is 97.5 cm³/mol. The van der Waals surface area contributed by atoms with Crippen molar-refractivity contribution in [2.75, 3.05) is 26.2 Å². The quantitative estimate of drug-likeness (QED) is 0.911. The molecule has 0 bridgehead atoms. The molecule has 1 aromatic carbocycles. The van der Waals surface area contributed by atoms with E-state index in [1.165, 1.54) is 5.56 Å². The van der Waals surface area contributed by atoms with Crippen LogP contribution in [0.4, 0.5) is 4.79 Å². The summed E-state index contributed by atoms with van der Waals surface area (Å²) in [6.07, 6.45) is 3.55. The number of hydrogen-bond acceptors (Lipinski definition) is 3. The van der Waals surface area contributed by atoms with Gasteiger partial charge in [-0.1, -0.05) is 36.4 Å². The molecular weight excluding hydrogens is 314 g/mol. The lowest BCUT2D eigenvalue weighted by atomic mass is 10.1. The van der Waals surface area contributed by atoms with Crippen LogP contribution in [0.3, 0.4) is 0 Å². The normalized spacial score (nSPS) is 17.3. The van der Waals surface area contributed by atoms with Crippen LogP contribution >= 0.6 is 0 Å². The molecule has 1 aliphatic rings. The second-order valence-electron chi connectivity index (χ2n) is 6.42. The van der Waals surface area contributed by atoms with E-state index in [9.17, 15) is 4.79 Å². The van der Waals surface area contributed by atoms with Crippen molar-refractivity contribution in [3.05, 3.63) is 65.5 Å². The first kappa shape index (κ1) is 17.4. The molecule has 0 saturated carbocycles. The highest BCUT2D eigenvalue weighted by molar-refractivity contribution is 5.74. The molecule has 0 spiro atoms. The summed E-state index contributed by atoms with van der Waals surface area (Å²) in [5, 5.41) is 3.00. The number of urea groups is 1. The second kappa shape index (κ2) is 8.62. The Morgan fingerprint density at radius 1 is 1.24 bits per heavy atom. The van der Waals surface area contributed by atoms with Crippen molar-refractivity contribution in [1.82, 2.24) is 15.2 Å². The van der Waals surface area contributed by atoms with Gasteiger partial charge < -0.3 is 15.0 Å². The number of nitrogens with zero attached hydrogens (tertiary/aromatic N) is 2. The minimum absolute atomic E-state index is 0.0126. The van der Waals surface area contributed by atoms with Gasteiger partial charge in [0.2, 0.25) is 0 Å². The maximum Gasteiger partial charge on any atom is 0.317 e. The number of amides is 2. The highest BCUT2D eigenvalue weighted by Gasteiger charge is 2.24. The molecule has 1 N–H and O–H groups in total. The second-order valence-corrected chi connectivity index (χ2v) is 6.42. The molecule has 0 radical (unpaired) electrons. The standard InChI is InChI=1S/C20H25N3O2/c1-16-7-8-18(14-22-16)9-10-21-20(24)23-11-12-25-19(15-23)13-17-5-3-2-4-6-17/h2-8,14,19H,9-13,15H2,1H3,(H,21,24). The maximum absolute atomic E-state index is 12.4. The molecule has 1 aliphatic heterocycles. The number of rotatable bonds is 5. The number of morpholine rings is 1. The first-order valence-corrected chi connectivity index (χ1v) is 8.80. The number of pyridine rings is 1. The molecule has 2 aromatic rings. The van der Waals surface area contributed by atoms with Gasteiger partial charge in [-0.2, -0.15) is 0 Å². The van der Waals surface area contributed by atoms with Gasteiger partial charge >= 0.3 is 6.03 Å². The van der Waals surface area contributed by atoms with Crippen molar-refractivity contribution < 1.29 is 9.53 Å². The zero-order valence-electron chi connectivity index (χ0n) is 14.6. The first-order valence-electron chi connectivity index (χ1n) is 8.80. The van der Waals surface area contributed by atoms with Gasteiger partial charge in [-0.3, -0.25) is 4.98 Å². The lowest BCUT2D eigenvalue weighted by Gasteiger charge is -2.33. The number of aromatic nitrogens is 1. The number of ether oxygens (including phenoxy) is 1. The van der Waals surface area contributed by atoms with E-state index in [2.05, 4.69) is 28.5 Å². The summed E-state index contributed by atoms with van der Waals surface area (Å²) < 4.78 is 5.82. The number of benzene rings is 1. The third-order valence-corrected chi connectivity index (χ3v) is 4.39. The van der Waals surface area contributed by atoms with Gasteiger partial charge in [0.05, 0.1) is 12.7 Å². The molecule has 1 saturated heterocycles. The van der Waals surface area contributed by atoms with Crippen LogP contribution in [-0.4, -0.2) is 48.3 Å². The zero-order chi connectivity index (χ0) is 17.5. The average molecular weight is 339 g/mol. The van der Waals surface area contributed by atoms with Crippen molar-refractivity contribution in [1.29, 1.82) is 0 Å². The lowest BCUT2D eigenvalue weighted by Crippen LogP contribution is -2.50. The van der Waals surface area contributed by atoms with E-state index in [1.54, 1.807) is 0 Å². The zero-order valence-corrected chi connectivity index (χ0v) is 14.6. The van der Waals surface area contributed by atoms with Crippen molar-refractivity contribution in [2.24, 2.45) is 0 Å². The van der Waals surface area contributed by atoms with Crippen LogP contribution < -0.4 is 5.32 Å². The molecule has 5 heteroatoms. The molecule has 25 heavy (non-hydrogen) atoms. The van der Waals surface area contributed by atoms with Gasteiger partial charge in [0, 0.05) is 37.9 Å². The Balaban J connectivity index is 1.44. The van der Waals surface area contributed by atoms with E-state index >= 15 is 0 Å². The van der Waals surface area contributed by atoms with E-state index < -0.39 is 0 Å². The Morgan fingerprint density at radius 2 is 2.08 bits per heavy atom. The molecule has 1 unspecified atom stereocenters. The fourth-order valence-electron chi connectivity index (χ4n) is 2.98. The summed E-state index contributed by atoms with van der Waals surface area (Å²) in [4.78, 5) is 18.5. The molecular formula is C20H25N3O2. The van der Waals surface area contributed by atoms with E-state index in [1.807, 2.05) is 42.3 Å². The monoisotopic (exact) mass is 339 g/mol. The summed E-state index contributed by atoms with van der Waals surface area (Å²) in [6, 6.07) is 14.3. The van der Waals surface area contributed by atoms with Gasteiger partial charge in [0.25, 0.3) is 0 Å². The summed E-state index contributed by atoms with van der Waals surface area (Å²) in [6.45, 7) is 4.45. The van der Waals surface area contributed by atoms with Crippen LogP contribution in [0.5, 0.6) is 0 Å². The van der Waals surface area contributed by atoms with Gasteiger partial charge in [-0.05, 0) is 30.5 Å². The van der Waals surface area contributed by atoms with Gasteiger partial charge in [-0.25, -0.2) is 4.79 Å². The molecule has 0 aliphatic carbocycles. The number of carbonyl (C=O) groups is 1. The van der Waals surface area contributed by atoms with Crippen molar-refractivity contribution in [2.45, 2.75) is 25.9 Å². The molecule has 2 heterocycles. The number of nitrogens with one attached hydrogen (secondary N) is 1. The maximum atomic E-state index is 12.4. The van der Waals surface area contributed by atoms with E-state index in [0.717, 1.165) is 24.1 Å². The molecule has 1 atom stereocenters. The molecule has 3 rings (SSSR count). The minimum Gasteiger partial charge on any atom is -0.374 e. The van der Waals surface area contributed by atoms with Gasteiger partial charge in [0.15, 0.2) is 0 Å². The van der Waals surface area contributed by atoms with Crippen LogP contribution in [-0.2, 0) is 17.6 Å². The average Bonchev–Trinajstić information content (AvgIpc) is 2.64. The van der Waals surface area contributed by atoms with Crippen LogP contribution in [0.2, 0.25) is 0 Å². The summed E-state index contributed by atoms with van der Waals surface area (Å²) >= 11 is 0. The summed E-state index contributed by atoms with van der Waals surface area (Å²) in [7, 11) is 0. The molecule has 5 nitrogen and oxygen atoms in total. The predicted octanol–water partition coefficient (Wildman–Crippen LogP) is 2.59. The van der Waals surface area contributed by atoms with Crippen LogP contribution in [0, 0.1) is 6.92 Å². The highest BCUT2D eigenvalue weighted by Crippen LogP contribution is 2.12. The smallest absolute Gasteiger partial charge is 0.317 e. The van der Waals surface area contributed by atoms with Crippen LogP contribution in [0.25, 0.3) is 0 Å². The van der Waals surface area contributed by atoms with Crippen molar-refractivity contribution in [3.63, 3.8) is 0 Å². The number of aryl methyl sites for hydroxylation is 1. The Bertz CT molecular complexity index is 673. The minimum atomic E-state index is -0.0126. The Kier molecular flexibility index (Phi) is 6.01. The molecule has 1 fully saturated rings. The fourth-order valence-corrected chi connectivity index (χ4v) is 2.98. The number of carbonyl (C=O) groups excluding carboxylic acids is 1. The van der Waals surface area contributed by atoms with Crippen molar-refractivity contribution >= 4 is 6.03 Å².